The van der Waals surface area contributed by atoms with E-state index in [1.54, 1.807) is 0 Å². The fourth-order valence-corrected chi connectivity index (χ4v) is 0.685. The molecular weight excluding hydrogens is 146 g/mol. The van der Waals surface area contributed by atoms with Crippen molar-refractivity contribution in [1.29, 1.82) is 0 Å². The van der Waals surface area contributed by atoms with E-state index < -0.39 is 12.5 Å². The molecule has 0 aromatic heterocycles. The Morgan fingerprint density at radius 1 is 1.00 bits per heavy atom. The van der Waals surface area contributed by atoms with Gasteiger partial charge in [0.1, 0.15) is 0 Å². The first-order valence-electron chi connectivity index (χ1n) is 3.69. The van der Waals surface area contributed by atoms with Gasteiger partial charge in [0.15, 0.2) is 12.5 Å². The van der Waals surface area contributed by atoms with Gasteiger partial charge in [-0.1, -0.05) is 0 Å². The monoisotopic (exact) mass is 164 g/mol. The summed E-state index contributed by atoms with van der Waals surface area (Å²) in [5.74, 6) is 0. The van der Waals surface area contributed by atoms with Crippen LogP contribution in [0.15, 0.2) is 0 Å². The van der Waals surface area contributed by atoms with Gasteiger partial charge in [-0.2, -0.15) is 0 Å². The second-order valence-corrected chi connectivity index (χ2v) is 3.65. The molecule has 4 heteroatoms. The third-order valence-corrected chi connectivity index (χ3v) is 1.58. The number of aliphatic hydroxyl groups is 3. The fraction of sp³-hybridized carbons (Fsp3) is 1.00. The van der Waals surface area contributed by atoms with Gasteiger partial charge in [0, 0.05) is 12.8 Å². The molecule has 0 heterocycles. The quantitative estimate of drug-likeness (QED) is 0.373. The van der Waals surface area contributed by atoms with Crippen molar-refractivity contribution in [3.05, 3.63) is 0 Å². The third kappa shape index (κ3) is 5.15. The first-order chi connectivity index (χ1) is 4.84. The van der Waals surface area contributed by atoms with Crippen LogP contribution < -0.4 is 0 Å². The van der Waals surface area contributed by atoms with E-state index >= 15 is 0 Å². The van der Waals surface area contributed by atoms with Crippen LogP contribution in [0.4, 0.5) is 0 Å². The molecule has 0 aliphatic rings. The number of rotatable bonds is 4. The Bertz CT molecular complexity index is 109. The summed E-state index contributed by atoms with van der Waals surface area (Å²) in [6.07, 6.45) is -1.22. The van der Waals surface area contributed by atoms with Crippen molar-refractivity contribution in [2.45, 2.75) is 25.4 Å². The number of hydrogen-bond acceptors (Lipinski definition) is 3. The zero-order valence-corrected chi connectivity index (χ0v) is 7.36. The lowest BCUT2D eigenvalue weighted by atomic mass is 10.2. The van der Waals surface area contributed by atoms with Crippen molar-refractivity contribution in [2.75, 3.05) is 21.1 Å². The SMILES string of the molecule is C[N+](C)(C)C(O)CCC(O)O. The number of nitrogens with zero attached hydrogens (tertiary/aromatic N) is 1. The number of hydrogen-bond donors (Lipinski definition) is 3. The molecule has 0 rings (SSSR count). The van der Waals surface area contributed by atoms with Crippen LogP contribution in [0.3, 0.4) is 0 Å². The Hall–Kier alpha value is -0.160. The summed E-state index contributed by atoms with van der Waals surface area (Å²) in [5, 5.41) is 26.4. The molecule has 0 fully saturated rings. The summed E-state index contributed by atoms with van der Waals surface area (Å²) in [6.45, 7) is 0. The normalized spacial score (nSPS) is 15.5. The van der Waals surface area contributed by atoms with Gasteiger partial charge < -0.3 is 19.8 Å². The van der Waals surface area contributed by atoms with Gasteiger partial charge in [-0.25, -0.2) is 0 Å². The summed E-state index contributed by atoms with van der Waals surface area (Å²) in [6, 6.07) is 0. The average Bonchev–Trinajstić information content (AvgIpc) is 1.80. The molecule has 4 nitrogen and oxygen atoms in total. The Morgan fingerprint density at radius 3 is 1.73 bits per heavy atom. The molecule has 11 heavy (non-hydrogen) atoms. The Kier molecular flexibility index (Phi) is 3.96. The molecule has 1 atom stereocenters. The van der Waals surface area contributed by atoms with E-state index in [1.165, 1.54) is 0 Å². The second-order valence-electron chi connectivity index (χ2n) is 3.65. The number of aliphatic hydroxyl groups excluding tert-OH is 2. The molecule has 0 aliphatic heterocycles. The highest BCUT2D eigenvalue weighted by Gasteiger charge is 2.20. The molecule has 0 spiro atoms. The van der Waals surface area contributed by atoms with Gasteiger partial charge in [-0.3, -0.25) is 0 Å². The molecule has 0 bridgehead atoms. The zero-order valence-electron chi connectivity index (χ0n) is 7.36. The fourth-order valence-electron chi connectivity index (χ4n) is 0.685. The molecule has 1 unspecified atom stereocenters. The average molecular weight is 164 g/mol. The molecule has 68 valence electrons. The predicted octanol–water partition coefficient (Wildman–Crippen LogP) is -0.898. The summed E-state index contributed by atoms with van der Waals surface area (Å²) in [7, 11) is 5.57. The smallest absolute Gasteiger partial charge is 0.190 e. The first-order valence-corrected chi connectivity index (χ1v) is 3.69. The van der Waals surface area contributed by atoms with E-state index in [0.717, 1.165) is 0 Å². The summed E-state index contributed by atoms with van der Waals surface area (Å²) in [4.78, 5) is 0. The maximum absolute atomic E-state index is 9.38. The van der Waals surface area contributed by atoms with E-state index in [9.17, 15) is 5.11 Å². The third-order valence-electron chi connectivity index (χ3n) is 1.58. The van der Waals surface area contributed by atoms with Crippen LogP contribution in [0.25, 0.3) is 0 Å². The standard InChI is InChI=1S/C7H18NO3/c1-8(2,3)6(9)4-5-7(10)11/h6-7,9-11H,4-5H2,1-3H3/q+1. The molecule has 0 saturated heterocycles. The maximum Gasteiger partial charge on any atom is 0.190 e. The van der Waals surface area contributed by atoms with Crippen LogP contribution in [-0.2, 0) is 0 Å². The largest absolute Gasteiger partial charge is 0.368 e. The minimum absolute atomic E-state index is 0.219. The highest BCUT2D eigenvalue weighted by molar-refractivity contribution is 4.44. The molecule has 0 aromatic carbocycles. The molecule has 0 radical (unpaired) electrons. The van der Waals surface area contributed by atoms with E-state index in [1.807, 2.05) is 21.1 Å². The van der Waals surface area contributed by atoms with Gasteiger partial charge in [0.2, 0.25) is 0 Å². The molecule has 0 aromatic rings. The van der Waals surface area contributed by atoms with E-state index in [2.05, 4.69) is 0 Å². The van der Waals surface area contributed by atoms with Crippen LogP contribution >= 0.6 is 0 Å². The van der Waals surface area contributed by atoms with E-state index in [4.69, 9.17) is 10.2 Å². The van der Waals surface area contributed by atoms with Gasteiger partial charge >= 0.3 is 0 Å². The van der Waals surface area contributed by atoms with Crippen molar-refractivity contribution < 1.29 is 19.8 Å². The number of quaternary nitrogens is 1. The highest BCUT2D eigenvalue weighted by atomic mass is 16.5. The van der Waals surface area contributed by atoms with Crippen molar-refractivity contribution >= 4 is 0 Å². The molecule has 3 N–H and O–H groups in total. The van der Waals surface area contributed by atoms with Gasteiger partial charge in [-0.15, -0.1) is 0 Å². The van der Waals surface area contributed by atoms with Gasteiger partial charge in [0.05, 0.1) is 21.1 Å². The van der Waals surface area contributed by atoms with Crippen LogP contribution in [0.5, 0.6) is 0 Å². The predicted molar refractivity (Wildman–Crippen MR) is 41.5 cm³/mol. The van der Waals surface area contributed by atoms with Gasteiger partial charge in [0.25, 0.3) is 0 Å². The van der Waals surface area contributed by atoms with Crippen molar-refractivity contribution in [2.24, 2.45) is 0 Å². The second kappa shape index (κ2) is 4.01. The Balaban J connectivity index is 3.61. The van der Waals surface area contributed by atoms with Crippen molar-refractivity contribution in [3.8, 4) is 0 Å². The topological polar surface area (TPSA) is 60.7 Å². The molecular formula is C7H18NO3+. The summed E-state index contributed by atoms with van der Waals surface area (Å²) in [5.41, 5.74) is 0. The summed E-state index contributed by atoms with van der Waals surface area (Å²) < 4.78 is 0.423. The molecule has 0 amide bonds. The lowest BCUT2D eigenvalue weighted by Gasteiger charge is -2.29. The van der Waals surface area contributed by atoms with E-state index in [-0.39, 0.29) is 6.42 Å². The lowest BCUT2D eigenvalue weighted by molar-refractivity contribution is -0.919. The van der Waals surface area contributed by atoms with Crippen LogP contribution in [0.2, 0.25) is 0 Å². The summed E-state index contributed by atoms with van der Waals surface area (Å²) >= 11 is 0. The van der Waals surface area contributed by atoms with Gasteiger partial charge in [-0.05, 0) is 0 Å². The Labute approximate surface area is 67.3 Å². The Morgan fingerprint density at radius 2 is 1.45 bits per heavy atom. The van der Waals surface area contributed by atoms with E-state index in [0.29, 0.717) is 10.9 Å². The first kappa shape index (κ1) is 10.8. The highest BCUT2D eigenvalue weighted by Crippen LogP contribution is 2.07. The molecule has 0 aliphatic carbocycles. The minimum atomic E-state index is -1.31. The minimum Gasteiger partial charge on any atom is -0.368 e. The van der Waals surface area contributed by atoms with Crippen molar-refractivity contribution in [3.63, 3.8) is 0 Å². The van der Waals surface area contributed by atoms with Crippen molar-refractivity contribution in [1.82, 2.24) is 0 Å². The van der Waals surface area contributed by atoms with Crippen LogP contribution in [0.1, 0.15) is 12.8 Å². The molecule has 0 saturated carbocycles. The maximum atomic E-state index is 9.38. The lowest BCUT2D eigenvalue weighted by Crippen LogP contribution is -2.45. The zero-order chi connectivity index (χ0) is 9.07. The van der Waals surface area contributed by atoms with Crippen LogP contribution in [-0.4, -0.2) is 53.5 Å². The van der Waals surface area contributed by atoms with Crippen LogP contribution in [0, 0.1) is 0 Å².